The van der Waals surface area contributed by atoms with Gasteiger partial charge >= 0.3 is 0 Å². The van der Waals surface area contributed by atoms with E-state index in [1.54, 1.807) is 0 Å². The van der Waals surface area contributed by atoms with Gasteiger partial charge < -0.3 is 50.5 Å². The van der Waals surface area contributed by atoms with Gasteiger partial charge in [-0.25, -0.2) is 0 Å². The molecule has 1 aliphatic heterocycles. The van der Waals surface area contributed by atoms with Crippen LogP contribution in [-0.2, 0) is 14.3 Å². The highest BCUT2D eigenvalue weighted by Crippen LogP contribution is 2.23. The van der Waals surface area contributed by atoms with Crippen LogP contribution in [0.25, 0.3) is 0 Å². The molecule has 0 aliphatic carbocycles. The number of allylic oxidation sites excluding steroid dienone is 8. The van der Waals surface area contributed by atoms with Gasteiger partial charge in [0.05, 0.1) is 25.4 Å². The molecule has 1 saturated heterocycles. The van der Waals surface area contributed by atoms with E-state index in [1.807, 2.05) is 0 Å². The van der Waals surface area contributed by atoms with Crippen molar-refractivity contribution < 1.29 is 50.0 Å². The minimum Gasteiger partial charge on any atom is -0.394 e. The highest BCUT2D eigenvalue weighted by atomic mass is 16.7. The van der Waals surface area contributed by atoms with Gasteiger partial charge in [0.1, 0.15) is 36.6 Å². The fourth-order valence-electron chi connectivity index (χ4n) is 7.45. The smallest absolute Gasteiger partial charge is 0.249 e. The van der Waals surface area contributed by atoms with Crippen molar-refractivity contribution in [2.45, 2.75) is 249 Å². The Morgan fingerprint density at radius 2 is 1.00 bits per heavy atom. The summed E-state index contributed by atoms with van der Waals surface area (Å²) in [6.07, 6.45) is 36.1. The minimum atomic E-state index is -1.67. The van der Waals surface area contributed by atoms with Crippen molar-refractivity contribution in [2.24, 2.45) is 0 Å². The number of amides is 1. The molecule has 8 N–H and O–H groups in total. The Hall–Kier alpha value is -1.93. The Morgan fingerprint density at radius 1 is 0.557 bits per heavy atom. The number of carbonyl (C=O) groups is 1. The van der Waals surface area contributed by atoms with Crippen LogP contribution in [0.2, 0.25) is 0 Å². The second-order valence-corrected chi connectivity index (χ2v) is 17.1. The normalized spacial score (nSPS) is 21.9. The van der Waals surface area contributed by atoms with Crippen LogP contribution in [0.3, 0.4) is 0 Å². The standard InChI is InChI=1S/C50H91NO10/c1-3-5-7-9-11-13-15-16-17-18-19-20-21-22-23-24-25-26-27-28-30-31-33-35-37-42(53)45(55)41(40-60-50-48(58)47(57)46(56)44(39-52)61-50)51-49(59)43(54)38-36-34-32-29-14-12-10-8-6-4-2/h10,12,21-22,25-26,30-31,41-48,50,52-58H,3-9,11,13-20,23-24,27-29,32-40H2,1-2H3,(H,51,59)/b12-10-,22-21+,26-25+,31-30+. The Balaban J connectivity index is 2.41. The molecule has 9 atom stereocenters. The third-order valence-corrected chi connectivity index (χ3v) is 11.6. The Morgan fingerprint density at radius 3 is 1.51 bits per heavy atom. The number of rotatable bonds is 40. The van der Waals surface area contributed by atoms with E-state index in [0.29, 0.717) is 19.3 Å². The molecule has 1 aliphatic rings. The Labute approximate surface area is 370 Å². The molecule has 0 spiro atoms. The van der Waals surface area contributed by atoms with E-state index in [2.05, 4.69) is 67.8 Å². The predicted octanol–water partition coefficient (Wildman–Crippen LogP) is 8.56. The Kier molecular flexibility index (Phi) is 37.1. The van der Waals surface area contributed by atoms with Crippen LogP contribution in [0.15, 0.2) is 48.6 Å². The lowest BCUT2D eigenvalue weighted by Gasteiger charge is -2.40. The molecule has 0 saturated carbocycles. The molecule has 1 heterocycles. The van der Waals surface area contributed by atoms with E-state index >= 15 is 0 Å². The van der Waals surface area contributed by atoms with E-state index in [4.69, 9.17) is 9.47 Å². The van der Waals surface area contributed by atoms with Crippen LogP contribution in [-0.4, -0.2) is 110 Å². The van der Waals surface area contributed by atoms with Crippen molar-refractivity contribution in [3.8, 4) is 0 Å². The van der Waals surface area contributed by atoms with Crippen molar-refractivity contribution in [1.82, 2.24) is 5.32 Å². The highest BCUT2D eigenvalue weighted by molar-refractivity contribution is 5.80. The molecule has 11 nitrogen and oxygen atoms in total. The van der Waals surface area contributed by atoms with Crippen LogP contribution in [0, 0.1) is 0 Å². The topological polar surface area (TPSA) is 189 Å². The number of carbonyl (C=O) groups excluding carboxylic acids is 1. The maximum absolute atomic E-state index is 13.0. The number of aliphatic hydroxyl groups excluding tert-OH is 7. The molecular weight excluding hydrogens is 775 g/mol. The summed E-state index contributed by atoms with van der Waals surface area (Å²) in [6, 6.07) is -1.20. The molecule has 11 heteroatoms. The summed E-state index contributed by atoms with van der Waals surface area (Å²) in [5.74, 6) is -0.726. The molecule has 0 aromatic rings. The maximum atomic E-state index is 13.0. The molecule has 0 aromatic carbocycles. The van der Waals surface area contributed by atoms with Gasteiger partial charge in [0.2, 0.25) is 5.91 Å². The highest BCUT2D eigenvalue weighted by Gasteiger charge is 2.44. The third kappa shape index (κ3) is 29.2. The molecular formula is C50H91NO10. The molecule has 0 bridgehead atoms. The number of unbranched alkanes of at least 4 members (excludes halogenated alkanes) is 20. The van der Waals surface area contributed by atoms with Gasteiger partial charge in [0.25, 0.3) is 0 Å². The third-order valence-electron chi connectivity index (χ3n) is 11.6. The van der Waals surface area contributed by atoms with Crippen LogP contribution in [0.5, 0.6) is 0 Å². The number of aliphatic hydroxyl groups is 7. The molecule has 9 unspecified atom stereocenters. The number of hydrogen-bond acceptors (Lipinski definition) is 10. The Bertz CT molecular complexity index is 1130. The number of hydrogen-bond donors (Lipinski definition) is 8. The van der Waals surface area contributed by atoms with Crippen LogP contribution in [0.4, 0.5) is 0 Å². The van der Waals surface area contributed by atoms with Crippen molar-refractivity contribution in [3.05, 3.63) is 48.6 Å². The summed E-state index contributed by atoms with van der Waals surface area (Å²) in [5.41, 5.74) is 0. The summed E-state index contributed by atoms with van der Waals surface area (Å²) >= 11 is 0. The first-order chi connectivity index (χ1) is 29.7. The zero-order chi connectivity index (χ0) is 44.8. The number of ether oxygens (including phenoxy) is 2. The van der Waals surface area contributed by atoms with Gasteiger partial charge in [-0.3, -0.25) is 4.79 Å². The summed E-state index contributed by atoms with van der Waals surface area (Å²) in [5, 5.41) is 75.5. The quantitative estimate of drug-likeness (QED) is 0.0219. The lowest BCUT2D eigenvalue weighted by molar-refractivity contribution is -0.303. The van der Waals surface area contributed by atoms with Crippen molar-refractivity contribution in [3.63, 3.8) is 0 Å². The van der Waals surface area contributed by atoms with Gasteiger partial charge in [-0.05, 0) is 83.5 Å². The fraction of sp³-hybridized carbons (Fsp3) is 0.820. The summed E-state index contributed by atoms with van der Waals surface area (Å²) in [6.45, 7) is 3.35. The molecule has 1 amide bonds. The average Bonchev–Trinajstić information content (AvgIpc) is 3.26. The van der Waals surface area contributed by atoms with E-state index in [9.17, 15) is 40.5 Å². The zero-order valence-corrected chi connectivity index (χ0v) is 38.4. The second-order valence-electron chi connectivity index (χ2n) is 17.1. The van der Waals surface area contributed by atoms with Gasteiger partial charge in [0, 0.05) is 0 Å². The molecule has 61 heavy (non-hydrogen) atoms. The SMILES string of the molecule is CCCC/C=C\CCCCCCC(O)C(=O)NC(COC1OC(CO)C(O)C(O)C1O)C(O)C(O)CCC/C=C/CC/C=C/CC/C=C/CCCCCCCCCCCCC. The summed E-state index contributed by atoms with van der Waals surface area (Å²) in [4.78, 5) is 13.0. The average molecular weight is 866 g/mol. The van der Waals surface area contributed by atoms with Gasteiger partial charge in [-0.15, -0.1) is 0 Å². The first kappa shape index (κ1) is 57.1. The van der Waals surface area contributed by atoms with Gasteiger partial charge in [-0.1, -0.05) is 159 Å². The zero-order valence-electron chi connectivity index (χ0n) is 38.4. The summed E-state index contributed by atoms with van der Waals surface area (Å²) in [7, 11) is 0. The van der Waals surface area contributed by atoms with Crippen LogP contribution < -0.4 is 5.32 Å². The van der Waals surface area contributed by atoms with Crippen molar-refractivity contribution in [1.29, 1.82) is 0 Å². The van der Waals surface area contributed by atoms with E-state index in [1.165, 1.54) is 89.9 Å². The monoisotopic (exact) mass is 866 g/mol. The fourth-order valence-corrected chi connectivity index (χ4v) is 7.45. The minimum absolute atomic E-state index is 0.232. The first-order valence-electron chi connectivity index (χ1n) is 24.5. The van der Waals surface area contributed by atoms with Crippen molar-refractivity contribution in [2.75, 3.05) is 13.2 Å². The van der Waals surface area contributed by atoms with E-state index in [0.717, 1.165) is 57.8 Å². The number of nitrogens with one attached hydrogen (secondary N) is 1. The van der Waals surface area contributed by atoms with Crippen LogP contribution in [0.1, 0.15) is 194 Å². The lowest BCUT2D eigenvalue weighted by Crippen LogP contribution is -2.60. The van der Waals surface area contributed by atoms with E-state index in [-0.39, 0.29) is 12.8 Å². The molecule has 1 fully saturated rings. The molecule has 0 radical (unpaired) electrons. The molecule has 0 aromatic heterocycles. The van der Waals surface area contributed by atoms with Crippen LogP contribution >= 0.6 is 0 Å². The molecule has 1 rings (SSSR count). The first-order valence-corrected chi connectivity index (χ1v) is 24.5. The lowest BCUT2D eigenvalue weighted by atomic mass is 9.98. The van der Waals surface area contributed by atoms with Gasteiger partial charge in [0.15, 0.2) is 6.29 Å². The molecule has 356 valence electrons. The second kappa shape index (κ2) is 39.6. The maximum Gasteiger partial charge on any atom is 0.249 e. The predicted molar refractivity (Wildman–Crippen MR) is 247 cm³/mol. The van der Waals surface area contributed by atoms with Gasteiger partial charge in [-0.2, -0.15) is 0 Å². The van der Waals surface area contributed by atoms with Crippen molar-refractivity contribution >= 4 is 5.91 Å². The van der Waals surface area contributed by atoms with E-state index < -0.39 is 74.2 Å². The largest absolute Gasteiger partial charge is 0.394 e. The summed E-state index contributed by atoms with van der Waals surface area (Å²) < 4.78 is 11.1.